The first-order chi connectivity index (χ1) is 10.3. The van der Waals surface area contributed by atoms with Gasteiger partial charge in [0.05, 0.1) is 11.6 Å². The molecular formula is C16H23F3N2O. The lowest BCUT2D eigenvalue weighted by Gasteiger charge is -2.24. The third-order valence-electron chi connectivity index (χ3n) is 3.50. The maximum Gasteiger partial charge on any atom is 0.416 e. The van der Waals surface area contributed by atoms with Crippen LogP contribution >= 0.6 is 0 Å². The minimum Gasteiger partial charge on any atom is -0.331 e. The molecular weight excluding hydrogens is 293 g/mol. The van der Waals surface area contributed by atoms with E-state index >= 15 is 0 Å². The van der Waals surface area contributed by atoms with Crippen LogP contribution in [0.5, 0.6) is 0 Å². The molecule has 0 aliphatic heterocycles. The predicted octanol–water partition coefficient (Wildman–Crippen LogP) is 4.60. The van der Waals surface area contributed by atoms with E-state index < -0.39 is 17.8 Å². The molecule has 0 saturated heterocycles. The monoisotopic (exact) mass is 316 g/mol. The molecule has 0 bridgehead atoms. The average molecular weight is 316 g/mol. The number of hydrogen-bond donors (Lipinski definition) is 1. The van der Waals surface area contributed by atoms with Gasteiger partial charge in [-0.15, -0.1) is 0 Å². The van der Waals surface area contributed by atoms with Crippen LogP contribution in [0.25, 0.3) is 0 Å². The average Bonchev–Trinajstić information content (AvgIpc) is 2.47. The normalized spacial score (nSPS) is 12.8. The Kier molecular flexibility index (Phi) is 6.71. The summed E-state index contributed by atoms with van der Waals surface area (Å²) in [6.07, 6.45) is -2.50. The highest BCUT2D eigenvalue weighted by molar-refractivity contribution is 5.74. The van der Waals surface area contributed by atoms with Crippen LogP contribution in [-0.2, 0) is 6.18 Å². The van der Waals surface area contributed by atoms with Crippen molar-refractivity contribution in [1.82, 2.24) is 10.2 Å². The van der Waals surface area contributed by atoms with Gasteiger partial charge >= 0.3 is 12.2 Å². The van der Waals surface area contributed by atoms with Crippen molar-refractivity contribution in [2.75, 3.05) is 13.1 Å². The molecule has 0 aliphatic carbocycles. The fourth-order valence-electron chi connectivity index (χ4n) is 2.10. The minimum atomic E-state index is -4.38. The summed E-state index contributed by atoms with van der Waals surface area (Å²) in [5, 5.41) is 2.75. The number of unbranched alkanes of at least 4 members (excludes halogenated alkanes) is 1. The van der Waals surface area contributed by atoms with Crippen molar-refractivity contribution in [3.63, 3.8) is 0 Å². The quantitative estimate of drug-likeness (QED) is 0.817. The maximum absolute atomic E-state index is 12.7. The van der Waals surface area contributed by atoms with E-state index in [1.54, 1.807) is 17.9 Å². The number of carbonyl (C=O) groups excluding carboxylic acids is 1. The van der Waals surface area contributed by atoms with E-state index in [2.05, 4.69) is 5.32 Å². The van der Waals surface area contributed by atoms with Gasteiger partial charge in [0.1, 0.15) is 0 Å². The molecule has 0 heterocycles. The molecule has 124 valence electrons. The molecule has 2 amide bonds. The van der Waals surface area contributed by atoms with Crippen molar-refractivity contribution in [2.45, 2.75) is 45.8 Å². The summed E-state index contributed by atoms with van der Waals surface area (Å²) >= 11 is 0. The summed E-state index contributed by atoms with van der Waals surface area (Å²) in [7, 11) is 0. The molecule has 22 heavy (non-hydrogen) atoms. The first-order valence-corrected chi connectivity index (χ1v) is 7.52. The number of halogens is 3. The van der Waals surface area contributed by atoms with Crippen molar-refractivity contribution >= 4 is 6.03 Å². The highest BCUT2D eigenvalue weighted by Gasteiger charge is 2.30. The zero-order valence-electron chi connectivity index (χ0n) is 13.2. The Morgan fingerprint density at radius 3 is 2.55 bits per heavy atom. The zero-order chi connectivity index (χ0) is 16.8. The number of benzene rings is 1. The summed E-state index contributed by atoms with van der Waals surface area (Å²) in [5.41, 5.74) is -0.265. The van der Waals surface area contributed by atoms with Crippen LogP contribution in [-0.4, -0.2) is 24.0 Å². The number of urea groups is 1. The van der Waals surface area contributed by atoms with Gasteiger partial charge in [0, 0.05) is 13.1 Å². The Balaban J connectivity index is 2.76. The first-order valence-electron chi connectivity index (χ1n) is 7.52. The molecule has 0 aromatic heterocycles. The fourth-order valence-corrected chi connectivity index (χ4v) is 2.10. The van der Waals surface area contributed by atoms with Crippen LogP contribution in [0.3, 0.4) is 0 Å². The van der Waals surface area contributed by atoms with E-state index in [9.17, 15) is 18.0 Å². The van der Waals surface area contributed by atoms with E-state index in [1.807, 2.05) is 13.8 Å². The van der Waals surface area contributed by atoms with Gasteiger partial charge in [-0.3, -0.25) is 0 Å². The van der Waals surface area contributed by atoms with Crippen molar-refractivity contribution in [3.05, 3.63) is 35.4 Å². The summed E-state index contributed by atoms with van der Waals surface area (Å²) in [4.78, 5) is 13.8. The van der Waals surface area contributed by atoms with E-state index in [4.69, 9.17) is 0 Å². The molecule has 0 radical (unpaired) electrons. The Morgan fingerprint density at radius 1 is 1.32 bits per heavy atom. The molecule has 1 aromatic rings. The standard InChI is InChI=1S/C16H23F3N2O/c1-4-6-10-21(5-2)15(22)20-12(3)13-8-7-9-14(11-13)16(17,18)19/h7-9,11-12H,4-6,10H2,1-3H3,(H,20,22). The molecule has 1 N–H and O–H groups in total. The molecule has 6 heteroatoms. The molecule has 0 aliphatic rings. The number of rotatable bonds is 6. The molecule has 0 saturated carbocycles. The van der Waals surface area contributed by atoms with Crippen molar-refractivity contribution in [3.8, 4) is 0 Å². The number of carbonyl (C=O) groups is 1. The van der Waals surface area contributed by atoms with Crippen LogP contribution in [0, 0.1) is 0 Å². The van der Waals surface area contributed by atoms with E-state index in [0.717, 1.165) is 25.0 Å². The van der Waals surface area contributed by atoms with Crippen LogP contribution in [0.4, 0.5) is 18.0 Å². The first kappa shape index (κ1) is 18.3. The number of nitrogens with zero attached hydrogens (tertiary/aromatic N) is 1. The van der Waals surface area contributed by atoms with Crippen LogP contribution in [0.15, 0.2) is 24.3 Å². The Bertz CT molecular complexity index is 489. The Morgan fingerprint density at radius 2 is 2.00 bits per heavy atom. The number of alkyl halides is 3. The van der Waals surface area contributed by atoms with Gasteiger partial charge in [0.25, 0.3) is 0 Å². The molecule has 1 aromatic carbocycles. The molecule has 3 nitrogen and oxygen atoms in total. The van der Waals surface area contributed by atoms with Crippen molar-refractivity contribution in [1.29, 1.82) is 0 Å². The fraction of sp³-hybridized carbons (Fsp3) is 0.562. The Hall–Kier alpha value is -1.72. The van der Waals surface area contributed by atoms with Crippen LogP contribution in [0.2, 0.25) is 0 Å². The van der Waals surface area contributed by atoms with E-state index in [-0.39, 0.29) is 6.03 Å². The second kappa shape index (κ2) is 8.06. The smallest absolute Gasteiger partial charge is 0.331 e. The van der Waals surface area contributed by atoms with Gasteiger partial charge in [-0.05, 0) is 38.0 Å². The van der Waals surface area contributed by atoms with Gasteiger partial charge in [0.2, 0.25) is 0 Å². The minimum absolute atomic E-state index is 0.249. The van der Waals surface area contributed by atoms with Gasteiger partial charge in [0.15, 0.2) is 0 Å². The summed E-state index contributed by atoms with van der Waals surface area (Å²) < 4.78 is 38.2. The van der Waals surface area contributed by atoms with Crippen molar-refractivity contribution < 1.29 is 18.0 Å². The predicted molar refractivity (Wildman–Crippen MR) is 80.5 cm³/mol. The largest absolute Gasteiger partial charge is 0.416 e. The van der Waals surface area contributed by atoms with Crippen LogP contribution in [0.1, 0.15) is 50.8 Å². The summed E-state index contributed by atoms with van der Waals surface area (Å²) in [6.45, 7) is 6.82. The molecule has 1 rings (SSSR count). The highest BCUT2D eigenvalue weighted by atomic mass is 19.4. The van der Waals surface area contributed by atoms with Crippen molar-refractivity contribution in [2.24, 2.45) is 0 Å². The molecule has 1 unspecified atom stereocenters. The topological polar surface area (TPSA) is 32.3 Å². The summed E-state index contributed by atoms with van der Waals surface area (Å²) in [6, 6.07) is 4.31. The SMILES string of the molecule is CCCCN(CC)C(=O)NC(C)c1cccc(C(F)(F)F)c1. The zero-order valence-corrected chi connectivity index (χ0v) is 13.2. The molecule has 0 fully saturated rings. The summed E-state index contributed by atoms with van der Waals surface area (Å²) in [5.74, 6) is 0. The number of nitrogens with one attached hydrogen (secondary N) is 1. The van der Waals surface area contributed by atoms with Gasteiger partial charge < -0.3 is 10.2 Å². The van der Waals surface area contributed by atoms with E-state index in [1.165, 1.54) is 6.07 Å². The molecule has 1 atom stereocenters. The number of amides is 2. The number of hydrogen-bond acceptors (Lipinski definition) is 1. The maximum atomic E-state index is 12.7. The highest BCUT2D eigenvalue weighted by Crippen LogP contribution is 2.30. The van der Waals surface area contributed by atoms with Gasteiger partial charge in [-0.2, -0.15) is 13.2 Å². The third-order valence-corrected chi connectivity index (χ3v) is 3.50. The lowest BCUT2D eigenvalue weighted by atomic mass is 10.1. The molecule has 0 spiro atoms. The van der Waals surface area contributed by atoms with E-state index in [0.29, 0.717) is 18.7 Å². The lowest BCUT2D eigenvalue weighted by Crippen LogP contribution is -2.41. The van der Waals surface area contributed by atoms with Gasteiger partial charge in [-0.1, -0.05) is 25.5 Å². The van der Waals surface area contributed by atoms with Gasteiger partial charge in [-0.25, -0.2) is 4.79 Å². The Labute approximate surface area is 129 Å². The third kappa shape index (κ3) is 5.24. The second-order valence-corrected chi connectivity index (χ2v) is 5.23. The lowest BCUT2D eigenvalue weighted by molar-refractivity contribution is -0.137. The second-order valence-electron chi connectivity index (χ2n) is 5.23. The van der Waals surface area contributed by atoms with Crippen LogP contribution < -0.4 is 5.32 Å².